The largest absolute Gasteiger partial charge is 0.469 e. The maximum Gasteiger partial charge on any atom is 0.313 e. The Morgan fingerprint density at radius 2 is 2.10 bits per heavy atom. The number of likely N-dealkylation sites (tertiary alicyclic amines) is 1. The molecule has 20 heavy (non-hydrogen) atoms. The predicted octanol–water partition coefficient (Wildman–Crippen LogP) is 1.18. The summed E-state index contributed by atoms with van der Waals surface area (Å²) in [5.74, 6) is 0.272. The number of ether oxygens (including phenoxy) is 1. The number of methoxy groups -OCH3 is 1. The zero-order valence-electron chi connectivity index (χ0n) is 13.0. The van der Waals surface area contributed by atoms with Gasteiger partial charge in [-0.15, -0.1) is 0 Å². The molecule has 5 nitrogen and oxygen atoms in total. The molecule has 1 saturated carbocycles. The van der Waals surface area contributed by atoms with E-state index >= 15 is 0 Å². The minimum atomic E-state index is -0.364. The summed E-state index contributed by atoms with van der Waals surface area (Å²) in [5.41, 5.74) is -0.580. The molecule has 2 atom stereocenters. The van der Waals surface area contributed by atoms with Crippen LogP contribution in [0, 0.1) is 11.3 Å². The van der Waals surface area contributed by atoms with Crippen LogP contribution in [0.15, 0.2) is 0 Å². The molecule has 0 aromatic carbocycles. The molecular formula is C15H26N2O3. The van der Waals surface area contributed by atoms with Gasteiger partial charge < -0.3 is 10.1 Å². The van der Waals surface area contributed by atoms with Gasteiger partial charge >= 0.3 is 5.97 Å². The fourth-order valence-corrected chi connectivity index (χ4v) is 3.71. The molecule has 0 radical (unpaired) electrons. The quantitative estimate of drug-likeness (QED) is 0.790. The molecule has 1 saturated heterocycles. The molecule has 0 unspecified atom stereocenters. The Bertz CT molecular complexity index is 402. The van der Waals surface area contributed by atoms with Gasteiger partial charge in [0.2, 0.25) is 5.91 Å². The Labute approximate surface area is 121 Å². The van der Waals surface area contributed by atoms with Gasteiger partial charge in [-0.2, -0.15) is 0 Å². The molecule has 114 valence electrons. The van der Waals surface area contributed by atoms with Crippen LogP contribution in [0.3, 0.4) is 0 Å². The summed E-state index contributed by atoms with van der Waals surface area (Å²) in [5, 5.41) is 2.97. The van der Waals surface area contributed by atoms with E-state index in [4.69, 9.17) is 4.74 Å². The molecule has 2 aliphatic rings. The van der Waals surface area contributed by atoms with Crippen LogP contribution in [0.4, 0.5) is 0 Å². The first-order valence-corrected chi connectivity index (χ1v) is 7.39. The molecular weight excluding hydrogens is 256 g/mol. The van der Waals surface area contributed by atoms with E-state index in [0.717, 1.165) is 25.8 Å². The second-order valence-corrected chi connectivity index (χ2v) is 7.20. The van der Waals surface area contributed by atoms with Crippen LogP contribution >= 0.6 is 0 Å². The maximum atomic E-state index is 12.1. The molecule has 0 aromatic rings. The van der Waals surface area contributed by atoms with Crippen LogP contribution in [0.25, 0.3) is 0 Å². The van der Waals surface area contributed by atoms with E-state index in [0.29, 0.717) is 19.0 Å². The van der Waals surface area contributed by atoms with Crippen LogP contribution in [0.5, 0.6) is 0 Å². The number of hydrogen-bond donors (Lipinski definition) is 1. The Balaban J connectivity index is 1.98. The third-order valence-corrected chi connectivity index (χ3v) is 4.41. The van der Waals surface area contributed by atoms with Crippen LogP contribution in [0.2, 0.25) is 0 Å². The number of amides is 1. The first-order chi connectivity index (χ1) is 9.27. The summed E-state index contributed by atoms with van der Waals surface area (Å²) in [4.78, 5) is 26.2. The van der Waals surface area contributed by atoms with Gasteiger partial charge in [-0.3, -0.25) is 14.5 Å². The number of carbonyl (C=O) groups excluding carboxylic acids is 2. The van der Waals surface area contributed by atoms with Crippen molar-refractivity contribution in [3.05, 3.63) is 0 Å². The van der Waals surface area contributed by atoms with Gasteiger partial charge in [-0.05, 0) is 39.5 Å². The van der Waals surface area contributed by atoms with Gasteiger partial charge in [-0.25, -0.2) is 0 Å². The van der Waals surface area contributed by atoms with Crippen LogP contribution in [-0.4, -0.2) is 49.1 Å². The molecule has 0 aromatic heterocycles. The van der Waals surface area contributed by atoms with Crippen molar-refractivity contribution < 1.29 is 14.3 Å². The highest BCUT2D eigenvalue weighted by Crippen LogP contribution is 2.49. The molecule has 2 rings (SSSR count). The van der Waals surface area contributed by atoms with E-state index in [9.17, 15) is 9.59 Å². The fourth-order valence-electron chi connectivity index (χ4n) is 3.71. The average molecular weight is 282 g/mol. The number of nitrogens with one attached hydrogen (secondary N) is 1. The second-order valence-electron chi connectivity index (χ2n) is 7.20. The Kier molecular flexibility index (Phi) is 4.09. The summed E-state index contributed by atoms with van der Waals surface area (Å²) in [7, 11) is 1.46. The zero-order valence-corrected chi connectivity index (χ0v) is 13.0. The molecule has 5 heteroatoms. The monoisotopic (exact) mass is 282 g/mol. The van der Waals surface area contributed by atoms with Crippen molar-refractivity contribution >= 4 is 11.9 Å². The SMILES string of the molecule is COC(=O)[C@]12CCC[C@H]1CN(CC(=O)NC(C)(C)C)C2. The highest BCUT2D eigenvalue weighted by atomic mass is 16.5. The minimum Gasteiger partial charge on any atom is -0.469 e. The third kappa shape index (κ3) is 2.97. The van der Waals surface area contributed by atoms with E-state index < -0.39 is 0 Å². The highest BCUT2D eigenvalue weighted by molar-refractivity contribution is 5.80. The van der Waals surface area contributed by atoms with Gasteiger partial charge in [0, 0.05) is 18.6 Å². The number of carbonyl (C=O) groups is 2. The first-order valence-electron chi connectivity index (χ1n) is 7.39. The zero-order chi connectivity index (χ0) is 15.0. The third-order valence-electron chi connectivity index (χ3n) is 4.41. The van der Waals surface area contributed by atoms with Crippen LogP contribution in [0.1, 0.15) is 40.0 Å². The summed E-state index contributed by atoms with van der Waals surface area (Å²) in [6, 6.07) is 0. The minimum absolute atomic E-state index is 0.0255. The molecule has 1 amide bonds. The number of rotatable bonds is 3. The maximum absolute atomic E-state index is 12.1. The van der Waals surface area contributed by atoms with E-state index in [2.05, 4.69) is 10.2 Å². The number of fused-ring (bicyclic) bond motifs is 1. The molecule has 0 spiro atoms. The number of hydrogen-bond acceptors (Lipinski definition) is 4. The number of nitrogens with zero attached hydrogens (tertiary/aromatic N) is 1. The van der Waals surface area contributed by atoms with Gasteiger partial charge in [0.05, 0.1) is 19.1 Å². The topological polar surface area (TPSA) is 58.6 Å². The van der Waals surface area contributed by atoms with Crippen molar-refractivity contribution in [3.8, 4) is 0 Å². The molecule has 1 aliphatic heterocycles. The van der Waals surface area contributed by atoms with Crippen molar-refractivity contribution in [2.45, 2.75) is 45.6 Å². The van der Waals surface area contributed by atoms with E-state index in [-0.39, 0.29) is 22.8 Å². The van der Waals surface area contributed by atoms with E-state index in [1.54, 1.807) is 0 Å². The summed E-state index contributed by atoms with van der Waals surface area (Å²) in [6.45, 7) is 7.76. The van der Waals surface area contributed by atoms with Crippen molar-refractivity contribution in [2.24, 2.45) is 11.3 Å². The van der Waals surface area contributed by atoms with Crippen molar-refractivity contribution in [2.75, 3.05) is 26.7 Å². The fraction of sp³-hybridized carbons (Fsp3) is 0.867. The van der Waals surface area contributed by atoms with Gasteiger partial charge in [0.15, 0.2) is 0 Å². The average Bonchev–Trinajstić information content (AvgIpc) is 2.82. The van der Waals surface area contributed by atoms with E-state index in [1.807, 2.05) is 20.8 Å². The Morgan fingerprint density at radius 1 is 1.40 bits per heavy atom. The Hall–Kier alpha value is -1.10. The second kappa shape index (κ2) is 5.35. The summed E-state index contributed by atoms with van der Waals surface area (Å²) >= 11 is 0. The number of esters is 1. The van der Waals surface area contributed by atoms with Crippen molar-refractivity contribution in [1.82, 2.24) is 10.2 Å². The van der Waals surface area contributed by atoms with Gasteiger partial charge in [0.1, 0.15) is 0 Å². The van der Waals surface area contributed by atoms with Crippen molar-refractivity contribution in [3.63, 3.8) is 0 Å². The standard InChI is InChI=1S/C15H26N2O3/c1-14(2,3)16-12(18)9-17-8-11-6-5-7-15(11,10-17)13(19)20-4/h11H,5-10H2,1-4H3,(H,16,18)/t11-,15-/m0/s1. The van der Waals surface area contributed by atoms with Gasteiger partial charge in [0.25, 0.3) is 0 Å². The lowest BCUT2D eigenvalue weighted by Gasteiger charge is -2.26. The Morgan fingerprint density at radius 3 is 2.70 bits per heavy atom. The lowest BCUT2D eigenvalue weighted by molar-refractivity contribution is -0.153. The highest BCUT2D eigenvalue weighted by Gasteiger charge is 2.55. The normalized spacial score (nSPS) is 30.1. The predicted molar refractivity (Wildman–Crippen MR) is 76.1 cm³/mol. The summed E-state index contributed by atoms with van der Waals surface area (Å²) in [6.07, 6.45) is 3.04. The van der Waals surface area contributed by atoms with E-state index in [1.165, 1.54) is 7.11 Å². The molecule has 1 heterocycles. The van der Waals surface area contributed by atoms with Crippen LogP contribution < -0.4 is 5.32 Å². The molecule has 0 bridgehead atoms. The van der Waals surface area contributed by atoms with Crippen molar-refractivity contribution in [1.29, 1.82) is 0 Å². The molecule has 1 aliphatic carbocycles. The molecule has 1 N–H and O–H groups in total. The lowest BCUT2D eigenvalue weighted by atomic mass is 9.81. The molecule has 2 fully saturated rings. The van der Waals surface area contributed by atoms with Crippen LogP contribution in [-0.2, 0) is 14.3 Å². The first kappa shape index (κ1) is 15.3. The summed E-state index contributed by atoms with van der Waals surface area (Å²) < 4.78 is 5.01. The lowest BCUT2D eigenvalue weighted by Crippen LogP contribution is -2.46. The van der Waals surface area contributed by atoms with Gasteiger partial charge in [-0.1, -0.05) is 6.42 Å². The smallest absolute Gasteiger partial charge is 0.313 e.